The Balaban J connectivity index is 2.31. The van der Waals surface area contributed by atoms with Crippen molar-refractivity contribution in [3.63, 3.8) is 0 Å². The highest BCUT2D eigenvalue weighted by molar-refractivity contribution is 7.89. The van der Waals surface area contributed by atoms with Crippen LogP contribution >= 0.6 is 0 Å². The lowest BCUT2D eigenvalue weighted by Gasteiger charge is -2.20. The summed E-state index contributed by atoms with van der Waals surface area (Å²) in [6.07, 6.45) is 0.309. The second kappa shape index (κ2) is 4.50. The number of rotatable bonds is 3. The van der Waals surface area contributed by atoms with Crippen LogP contribution in [0.3, 0.4) is 0 Å². The van der Waals surface area contributed by atoms with Crippen molar-refractivity contribution in [3.8, 4) is 0 Å². The van der Waals surface area contributed by atoms with Gasteiger partial charge in [0.15, 0.2) is 0 Å². The van der Waals surface area contributed by atoms with E-state index in [0.29, 0.717) is 12.1 Å². The maximum Gasteiger partial charge on any atom is 0.310 e. The van der Waals surface area contributed by atoms with Gasteiger partial charge in [0, 0.05) is 18.8 Å². The number of nitrogens with two attached hydrogens (primary N) is 1. The summed E-state index contributed by atoms with van der Waals surface area (Å²) in [4.78, 5) is 11.2. The summed E-state index contributed by atoms with van der Waals surface area (Å²) in [6, 6.07) is 6.01. The molecule has 19 heavy (non-hydrogen) atoms. The van der Waals surface area contributed by atoms with Gasteiger partial charge in [-0.05, 0) is 31.5 Å². The molecule has 3 N–H and O–H groups in total. The van der Waals surface area contributed by atoms with Crippen molar-refractivity contribution in [2.45, 2.75) is 18.2 Å². The minimum Gasteiger partial charge on any atom is -0.481 e. The van der Waals surface area contributed by atoms with Crippen molar-refractivity contribution in [2.75, 3.05) is 18.8 Å². The van der Waals surface area contributed by atoms with Crippen LogP contribution in [0.1, 0.15) is 13.3 Å². The van der Waals surface area contributed by atoms with Gasteiger partial charge in [-0.2, -0.15) is 4.31 Å². The lowest BCUT2D eigenvalue weighted by Crippen LogP contribution is -2.34. The number of anilines is 1. The van der Waals surface area contributed by atoms with Crippen LogP contribution in [0.15, 0.2) is 29.2 Å². The monoisotopic (exact) mass is 284 g/mol. The van der Waals surface area contributed by atoms with Crippen molar-refractivity contribution in [3.05, 3.63) is 24.3 Å². The van der Waals surface area contributed by atoms with Gasteiger partial charge in [0.25, 0.3) is 0 Å². The van der Waals surface area contributed by atoms with Crippen molar-refractivity contribution in [2.24, 2.45) is 5.41 Å². The zero-order valence-corrected chi connectivity index (χ0v) is 11.4. The fourth-order valence-electron chi connectivity index (χ4n) is 2.12. The van der Waals surface area contributed by atoms with Crippen LogP contribution in [0.5, 0.6) is 0 Å². The number of hydrogen-bond donors (Lipinski definition) is 2. The topological polar surface area (TPSA) is 101 Å². The van der Waals surface area contributed by atoms with Crippen LogP contribution in [0.25, 0.3) is 0 Å². The van der Waals surface area contributed by atoms with Gasteiger partial charge in [0.1, 0.15) is 0 Å². The third kappa shape index (κ3) is 2.43. The normalized spacial score (nSPS) is 24.5. The fraction of sp³-hybridized carbons (Fsp3) is 0.417. The first-order valence-electron chi connectivity index (χ1n) is 5.85. The molecule has 0 bridgehead atoms. The standard InChI is InChI=1S/C12H16N2O4S/c1-12(11(15)16)5-6-14(8-12)19(17,18)10-4-2-3-9(13)7-10/h2-4,7H,5-6,8,13H2,1H3,(H,15,16). The highest BCUT2D eigenvalue weighted by Crippen LogP contribution is 2.33. The van der Waals surface area contributed by atoms with E-state index in [4.69, 9.17) is 10.8 Å². The summed E-state index contributed by atoms with van der Waals surface area (Å²) in [5.41, 5.74) is 4.92. The second-order valence-corrected chi connectivity index (χ2v) is 6.96. The van der Waals surface area contributed by atoms with E-state index in [-0.39, 0.29) is 18.0 Å². The van der Waals surface area contributed by atoms with E-state index in [1.54, 1.807) is 19.1 Å². The molecule has 1 atom stereocenters. The number of aliphatic carboxylic acids is 1. The Bertz CT molecular complexity index is 614. The molecule has 0 saturated carbocycles. The number of benzene rings is 1. The highest BCUT2D eigenvalue weighted by atomic mass is 32.2. The lowest BCUT2D eigenvalue weighted by atomic mass is 9.90. The van der Waals surface area contributed by atoms with Crippen molar-refractivity contribution < 1.29 is 18.3 Å². The molecule has 1 unspecified atom stereocenters. The van der Waals surface area contributed by atoms with Crippen LogP contribution < -0.4 is 5.73 Å². The van der Waals surface area contributed by atoms with Crippen LogP contribution in [-0.2, 0) is 14.8 Å². The van der Waals surface area contributed by atoms with Crippen LogP contribution in [-0.4, -0.2) is 36.9 Å². The molecule has 0 radical (unpaired) electrons. The summed E-state index contributed by atoms with van der Waals surface area (Å²) in [7, 11) is -3.68. The summed E-state index contributed by atoms with van der Waals surface area (Å²) >= 11 is 0. The summed E-state index contributed by atoms with van der Waals surface area (Å²) in [6.45, 7) is 1.75. The zero-order valence-electron chi connectivity index (χ0n) is 10.5. The molecule has 2 rings (SSSR count). The Morgan fingerprint density at radius 2 is 2.16 bits per heavy atom. The average molecular weight is 284 g/mol. The first-order chi connectivity index (χ1) is 8.75. The van der Waals surface area contributed by atoms with Gasteiger partial charge >= 0.3 is 5.97 Å². The number of nitrogens with zero attached hydrogens (tertiary/aromatic N) is 1. The average Bonchev–Trinajstić information content (AvgIpc) is 2.74. The van der Waals surface area contributed by atoms with Gasteiger partial charge in [0.2, 0.25) is 10.0 Å². The molecule has 104 valence electrons. The highest BCUT2D eigenvalue weighted by Gasteiger charge is 2.44. The molecule has 1 aromatic rings. The molecule has 0 aromatic heterocycles. The number of carboxylic acids is 1. The maximum absolute atomic E-state index is 12.4. The molecule has 1 fully saturated rings. The molecular formula is C12H16N2O4S. The van der Waals surface area contributed by atoms with Crippen LogP contribution in [0.2, 0.25) is 0 Å². The van der Waals surface area contributed by atoms with E-state index in [0.717, 1.165) is 0 Å². The first-order valence-corrected chi connectivity index (χ1v) is 7.29. The maximum atomic E-state index is 12.4. The van der Waals surface area contributed by atoms with Gasteiger partial charge in [-0.1, -0.05) is 6.07 Å². The molecule has 7 heteroatoms. The summed E-state index contributed by atoms with van der Waals surface area (Å²) < 4.78 is 26.0. The molecule has 1 saturated heterocycles. The Hall–Kier alpha value is -1.60. The molecular weight excluding hydrogens is 268 g/mol. The Morgan fingerprint density at radius 1 is 1.47 bits per heavy atom. The van der Waals surface area contributed by atoms with E-state index in [1.165, 1.54) is 16.4 Å². The third-order valence-corrected chi connectivity index (χ3v) is 5.29. The van der Waals surface area contributed by atoms with Gasteiger partial charge in [-0.15, -0.1) is 0 Å². The van der Waals surface area contributed by atoms with E-state index < -0.39 is 21.4 Å². The van der Waals surface area contributed by atoms with Crippen molar-refractivity contribution in [1.29, 1.82) is 0 Å². The van der Waals surface area contributed by atoms with Gasteiger partial charge in [-0.25, -0.2) is 8.42 Å². The molecule has 0 amide bonds. The quantitative estimate of drug-likeness (QED) is 0.798. The van der Waals surface area contributed by atoms with E-state index in [1.807, 2.05) is 0 Å². The molecule has 0 aliphatic carbocycles. The number of carbonyl (C=O) groups is 1. The number of hydrogen-bond acceptors (Lipinski definition) is 4. The fourth-order valence-corrected chi connectivity index (χ4v) is 3.74. The Morgan fingerprint density at radius 3 is 2.68 bits per heavy atom. The first kappa shape index (κ1) is 13.8. The minimum atomic E-state index is -3.68. The Labute approximate surface area is 111 Å². The number of carboxylic acid groups (broad SMARTS) is 1. The minimum absolute atomic E-state index is 0.0144. The molecule has 0 spiro atoms. The molecule has 1 heterocycles. The summed E-state index contributed by atoms with van der Waals surface area (Å²) in [5.74, 6) is -0.974. The van der Waals surface area contributed by atoms with Crippen molar-refractivity contribution in [1.82, 2.24) is 4.31 Å². The van der Waals surface area contributed by atoms with Crippen LogP contribution in [0.4, 0.5) is 5.69 Å². The lowest BCUT2D eigenvalue weighted by molar-refractivity contribution is -0.146. The van der Waals surface area contributed by atoms with E-state index in [2.05, 4.69) is 0 Å². The van der Waals surface area contributed by atoms with Gasteiger partial charge < -0.3 is 10.8 Å². The predicted octanol–water partition coefficient (Wildman–Crippen LogP) is 0.754. The summed E-state index contributed by atoms with van der Waals surface area (Å²) in [5, 5.41) is 9.13. The SMILES string of the molecule is CC1(C(=O)O)CCN(S(=O)(=O)c2cccc(N)c2)C1. The third-order valence-electron chi connectivity index (χ3n) is 3.45. The molecule has 6 nitrogen and oxygen atoms in total. The number of sulfonamides is 1. The molecule has 1 aliphatic rings. The smallest absolute Gasteiger partial charge is 0.310 e. The van der Waals surface area contributed by atoms with Gasteiger partial charge in [0.05, 0.1) is 10.3 Å². The van der Waals surface area contributed by atoms with E-state index in [9.17, 15) is 13.2 Å². The van der Waals surface area contributed by atoms with Crippen molar-refractivity contribution >= 4 is 21.7 Å². The largest absolute Gasteiger partial charge is 0.481 e. The Kier molecular flexibility index (Phi) is 3.27. The zero-order chi connectivity index (χ0) is 14.3. The second-order valence-electron chi connectivity index (χ2n) is 5.03. The predicted molar refractivity (Wildman–Crippen MR) is 70.0 cm³/mol. The van der Waals surface area contributed by atoms with E-state index >= 15 is 0 Å². The molecule has 1 aromatic carbocycles. The van der Waals surface area contributed by atoms with Gasteiger partial charge in [-0.3, -0.25) is 4.79 Å². The molecule has 1 aliphatic heterocycles. The van der Waals surface area contributed by atoms with Crippen LogP contribution in [0, 0.1) is 5.41 Å². The number of nitrogen functional groups attached to an aromatic ring is 1.